The lowest BCUT2D eigenvalue weighted by atomic mass is 10.2. The van der Waals surface area contributed by atoms with Gasteiger partial charge in [0, 0.05) is 12.8 Å². The molecule has 1 aliphatic rings. The number of hydrogen-bond acceptors (Lipinski definition) is 8. The van der Waals surface area contributed by atoms with Crippen molar-refractivity contribution < 1.29 is 31.2 Å². The predicted molar refractivity (Wildman–Crippen MR) is 134 cm³/mol. The van der Waals surface area contributed by atoms with Gasteiger partial charge in [0.05, 0.1) is 27.1 Å². The van der Waals surface area contributed by atoms with Crippen molar-refractivity contribution in [3.63, 3.8) is 0 Å². The zero-order valence-electron chi connectivity index (χ0n) is 19.9. The molecule has 0 N–H and O–H groups in total. The van der Waals surface area contributed by atoms with Crippen molar-refractivity contribution in [3.8, 4) is 0 Å². The first-order chi connectivity index (χ1) is 16.9. The van der Waals surface area contributed by atoms with Gasteiger partial charge in [0.25, 0.3) is 5.91 Å². The van der Waals surface area contributed by atoms with Crippen LogP contribution < -0.4 is 4.80 Å². The molecule has 3 aromatic rings. The Balaban J connectivity index is 1.77. The summed E-state index contributed by atoms with van der Waals surface area (Å²) in [4.78, 5) is 29.9. The Bertz CT molecular complexity index is 1620. The number of fused-ring (bicyclic) bond motifs is 1. The summed E-state index contributed by atoms with van der Waals surface area (Å²) in [5.74, 6) is -1.24. The number of hydrogen-bond donors (Lipinski definition) is 0. The summed E-state index contributed by atoms with van der Waals surface area (Å²) in [5.41, 5.74) is 1.41. The SMILES string of the molecule is COC(=O)Cn1c(=NC(=O)C2CCCN2S(=O)(=O)c2ccc(C)cc2)sc2cc(S(C)(=O)=O)ccc21. The lowest BCUT2D eigenvalue weighted by molar-refractivity contribution is -0.141. The van der Waals surface area contributed by atoms with Crippen LogP contribution in [0.4, 0.5) is 0 Å². The lowest BCUT2D eigenvalue weighted by Crippen LogP contribution is -2.40. The number of thiazole rings is 1. The van der Waals surface area contributed by atoms with Gasteiger partial charge in [0.15, 0.2) is 14.6 Å². The van der Waals surface area contributed by atoms with Crippen molar-refractivity contribution in [1.29, 1.82) is 0 Å². The van der Waals surface area contributed by atoms with Crippen LogP contribution in [0.25, 0.3) is 10.2 Å². The Labute approximate surface area is 212 Å². The molecule has 2 aromatic carbocycles. The first kappa shape index (κ1) is 26.2. The van der Waals surface area contributed by atoms with Gasteiger partial charge in [0.2, 0.25) is 10.0 Å². The summed E-state index contributed by atoms with van der Waals surface area (Å²) in [7, 11) is -6.16. The van der Waals surface area contributed by atoms with Gasteiger partial charge >= 0.3 is 5.97 Å². The maximum Gasteiger partial charge on any atom is 0.325 e. The third kappa shape index (κ3) is 5.14. The van der Waals surface area contributed by atoms with Crippen molar-refractivity contribution in [2.75, 3.05) is 19.9 Å². The molecule has 1 fully saturated rings. The molecule has 0 aliphatic carbocycles. The van der Waals surface area contributed by atoms with Crippen LogP contribution in [0.3, 0.4) is 0 Å². The van der Waals surface area contributed by atoms with Gasteiger partial charge in [-0.15, -0.1) is 0 Å². The number of aryl methyl sites for hydroxylation is 1. The summed E-state index contributed by atoms with van der Waals surface area (Å²) < 4.78 is 58.4. The van der Waals surface area contributed by atoms with Crippen LogP contribution in [0, 0.1) is 6.92 Å². The van der Waals surface area contributed by atoms with E-state index in [4.69, 9.17) is 4.74 Å². The summed E-state index contributed by atoms with van der Waals surface area (Å²) >= 11 is 1.04. The molecule has 1 saturated heterocycles. The fourth-order valence-electron chi connectivity index (χ4n) is 4.01. The molecule has 13 heteroatoms. The van der Waals surface area contributed by atoms with E-state index in [-0.39, 0.29) is 27.7 Å². The highest BCUT2D eigenvalue weighted by atomic mass is 32.2. The molecule has 0 saturated carbocycles. The van der Waals surface area contributed by atoms with Gasteiger partial charge in [-0.05, 0) is 50.1 Å². The Morgan fingerprint density at radius 2 is 1.75 bits per heavy atom. The van der Waals surface area contributed by atoms with Crippen LogP contribution in [-0.4, -0.2) is 63.5 Å². The van der Waals surface area contributed by atoms with Crippen molar-refractivity contribution in [2.24, 2.45) is 4.99 Å². The van der Waals surface area contributed by atoms with E-state index in [0.717, 1.165) is 23.2 Å². The Morgan fingerprint density at radius 3 is 2.39 bits per heavy atom. The second-order valence-corrected chi connectivity index (χ2v) is 13.4. The number of ether oxygens (including phenoxy) is 1. The number of sulfone groups is 1. The molecule has 36 heavy (non-hydrogen) atoms. The quantitative estimate of drug-likeness (QED) is 0.427. The predicted octanol–water partition coefficient (Wildman–Crippen LogP) is 1.87. The van der Waals surface area contributed by atoms with Crippen LogP contribution in [0.5, 0.6) is 0 Å². The summed E-state index contributed by atoms with van der Waals surface area (Å²) in [6.07, 6.45) is 1.90. The van der Waals surface area contributed by atoms with E-state index in [9.17, 15) is 26.4 Å². The second-order valence-electron chi connectivity index (χ2n) is 8.49. The molecule has 4 rings (SSSR count). The van der Waals surface area contributed by atoms with Crippen LogP contribution in [0.15, 0.2) is 57.2 Å². The molecule has 0 bridgehead atoms. The minimum absolute atomic E-state index is 0.0884. The van der Waals surface area contributed by atoms with Crippen LogP contribution in [0.2, 0.25) is 0 Å². The van der Waals surface area contributed by atoms with Crippen molar-refractivity contribution in [1.82, 2.24) is 8.87 Å². The maximum atomic E-state index is 13.3. The standard InChI is InChI=1S/C23H25N3O7S3/c1-15-6-8-16(9-7-15)36(31,32)26-12-4-5-19(26)22(28)24-23-25(14-21(27)33-2)18-11-10-17(35(3,29)30)13-20(18)34-23/h6-11,13,19H,4-5,12,14H2,1-3H3. The molecule has 0 spiro atoms. The zero-order chi connectivity index (χ0) is 26.3. The molecule has 1 atom stereocenters. The summed E-state index contributed by atoms with van der Waals surface area (Å²) in [6.45, 7) is 1.79. The Kier molecular flexibility index (Phi) is 7.19. The Morgan fingerprint density at radius 1 is 1.08 bits per heavy atom. The van der Waals surface area contributed by atoms with Crippen molar-refractivity contribution in [3.05, 3.63) is 52.8 Å². The zero-order valence-corrected chi connectivity index (χ0v) is 22.3. The number of rotatable bonds is 6. The molecule has 1 amide bonds. The number of aromatic nitrogens is 1. The van der Waals surface area contributed by atoms with Gasteiger partial charge in [0.1, 0.15) is 12.6 Å². The molecule has 1 aromatic heterocycles. The minimum Gasteiger partial charge on any atom is -0.468 e. The number of nitrogens with zero attached hydrogens (tertiary/aromatic N) is 3. The van der Waals surface area contributed by atoms with E-state index in [1.807, 2.05) is 6.92 Å². The van der Waals surface area contributed by atoms with E-state index in [1.165, 1.54) is 40.2 Å². The van der Waals surface area contributed by atoms with Gasteiger partial charge in [-0.2, -0.15) is 9.30 Å². The lowest BCUT2D eigenvalue weighted by Gasteiger charge is -2.21. The van der Waals surface area contributed by atoms with Gasteiger partial charge in [-0.3, -0.25) is 9.59 Å². The maximum absolute atomic E-state index is 13.3. The molecule has 10 nitrogen and oxygen atoms in total. The topological polar surface area (TPSA) is 132 Å². The number of carbonyl (C=O) groups is 2. The van der Waals surface area contributed by atoms with E-state index in [1.54, 1.807) is 18.2 Å². The first-order valence-corrected chi connectivity index (χ1v) is 15.1. The third-order valence-electron chi connectivity index (χ3n) is 5.92. The van der Waals surface area contributed by atoms with Crippen molar-refractivity contribution in [2.45, 2.75) is 42.1 Å². The normalized spacial score (nSPS) is 17.5. The largest absolute Gasteiger partial charge is 0.468 e. The minimum atomic E-state index is -3.91. The van der Waals surface area contributed by atoms with Crippen molar-refractivity contribution >= 4 is 53.3 Å². The summed E-state index contributed by atoms with van der Waals surface area (Å²) in [5, 5.41) is 0. The monoisotopic (exact) mass is 551 g/mol. The average molecular weight is 552 g/mol. The summed E-state index contributed by atoms with van der Waals surface area (Å²) in [6, 6.07) is 9.84. The number of esters is 1. The van der Waals surface area contributed by atoms with Gasteiger partial charge < -0.3 is 9.30 Å². The molecule has 1 unspecified atom stereocenters. The number of benzene rings is 2. The number of sulfonamides is 1. The molecule has 1 aliphatic heterocycles. The van der Waals surface area contributed by atoms with E-state index < -0.39 is 37.8 Å². The fraction of sp³-hybridized carbons (Fsp3) is 0.348. The molecule has 192 valence electrons. The van der Waals surface area contributed by atoms with Crippen LogP contribution >= 0.6 is 11.3 Å². The smallest absolute Gasteiger partial charge is 0.325 e. The third-order valence-corrected chi connectivity index (χ3v) is 9.99. The fourth-order valence-corrected chi connectivity index (χ4v) is 7.45. The number of methoxy groups -OCH3 is 1. The van der Waals surface area contributed by atoms with Gasteiger partial charge in [-0.1, -0.05) is 29.0 Å². The number of carbonyl (C=O) groups excluding carboxylic acids is 2. The molecule has 2 heterocycles. The molecular weight excluding hydrogens is 526 g/mol. The second kappa shape index (κ2) is 9.88. The van der Waals surface area contributed by atoms with Crippen LogP contribution in [0.1, 0.15) is 18.4 Å². The Hall–Kier alpha value is -2.87. The highest BCUT2D eigenvalue weighted by molar-refractivity contribution is 7.90. The van der Waals surface area contributed by atoms with Crippen LogP contribution in [-0.2, 0) is 40.7 Å². The molecular formula is C23H25N3O7S3. The van der Waals surface area contributed by atoms with E-state index in [2.05, 4.69) is 4.99 Å². The van der Waals surface area contributed by atoms with Gasteiger partial charge in [-0.25, -0.2) is 16.8 Å². The van der Waals surface area contributed by atoms with E-state index in [0.29, 0.717) is 23.1 Å². The average Bonchev–Trinajstić information content (AvgIpc) is 3.44. The first-order valence-electron chi connectivity index (χ1n) is 11.0. The molecule has 0 radical (unpaired) electrons. The number of amides is 1. The highest BCUT2D eigenvalue weighted by Crippen LogP contribution is 2.27. The highest BCUT2D eigenvalue weighted by Gasteiger charge is 2.39. The van der Waals surface area contributed by atoms with E-state index >= 15 is 0 Å².